The van der Waals surface area contributed by atoms with Gasteiger partial charge in [-0.2, -0.15) is 0 Å². The molecule has 0 radical (unpaired) electrons. The van der Waals surface area contributed by atoms with E-state index in [1.807, 2.05) is 30.0 Å². The topological polar surface area (TPSA) is 67.3 Å². The summed E-state index contributed by atoms with van der Waals surface area (Å²) in [5, 5.41) is 3.22. The van der Waals surface area contributed by atoms with Crippen molar-refractivity contribution >= 4 is 17.4 Å². The van der Waals surface area contributed by atoms with Crippen molar-refractivity contribution < 1.29 is 9.53 Å². The van der Waals surface area contributed by atoms with E-state index in [0.717, 1.165) is 36.5 Å². The first kappa shape index (κ1) is 17.2. The second kappa shape index (κ2) is 7.51. The summed E-state index contributed by atoms with van der Waals surface area (Å²) < 4.78 is 5.38. The van der Waals surface area contributed by atoms with Gasteiger partial charge in [-0.05, 0) is 43.4 Å². The van der Waals surface area contributed by atoms with Crippen LogP contribution in [0.3, 0.4) is 0 Å². The molecular formula is C19H24N4O2. The van der Waals surface area contributed by atoms with Gasteiger partial charge in [0.1, 0.15) is 23.6 Å². The number of amides is 1. The zero-order valence-electron chi connectivity index (χ0n) is 15.0. The Morgan fingerprint density at radius 3 is 2.92 bits per heavy atom. The lowest BCUT2D eigenvalue weighted by molar-refractivity contribution is 0.0677. The van der Waals surface area contributed by atoms with Crippen LogP contribution in [0.4, 0.5) is 11.5 Å². The Labute approximate surface area is 148 Å². The fourth-order valence-corrected chi connectivity index (χ4v) is 3.14. The Morgan fingerprint density at radius 1 is 1.32 bits per heavy atom. The number of carbonyl (C=O) groups is 1. The molecule has 0 spiro atoms. The third-order valence-electron chi connectivity index (χ3n) is 4.45. The van der Waals surface area contributed by atoms with E-state index in [-0.39, 0.29) is 5.91 Å². The smallest absolute Gasteiger partial charge is 0.272 e. The molecule has 0 saturated carbocycles. The first-order valence-electron chi connectivity index (χ1n) is 8.60. The lowest BCUT2D eigenvalue weighted by Gasteiger charge is -2.30. The van der Waals surface area contributed by atoms with Crippen molar-refractivity contribution in [1.82, 2.24) is 14.9 Å². The largest absolute Gasteiger partial charge is 0.495 e. The number of hydrogen-bond acceptors (Lipinski definition) is 5. The first-order valence-corrected chi connectivity index (χ1v) is 8.60. The summed E-state index contributed by atoms with van der Waals surface area (Å²) in [6, 6.07) is 7.56. The predicted octanol–water partition coefficient (Wildman–Crippen LogP) is 3.41. The molecule has 2 heterocycles. The Bertz CT molecular complexity index is 763. The average Bonchev–Trinajstić information content (AvgIpc) is 2.61. The zero-order chi connectivity index (χ0) is 17.8. The fraction of sp³-hybridized carbons (Fsp3) is 0.421. The van der Waals surface area contributed by atoms with Gasteiger partial charge in [0.25, 0.3) is 5.91 Å². The number of piperidine rings is 1. The quantitative estimate of drug-likeness (QED) is 0.924. The number of nitrogens with one attached hydrogen (secondary N) is 1. The predicted molar refractivity (Wildman–Crippen MR) is 97.3 cm³/mol. The third-order valence-corrected chi connectivity index (χ3v) is 4.45. The van der Waals surface area contributed by atoms with Crippen LogP contribution < -0.4 is 10.1 Å². The summed E-state index contributed by atoms with van der Waals surface area (Å²) in [7, 11) is 1.63. The molecule has 132 valence electrons. The van der Waals surface area contributed by atoms with Gasteiger partial charge in [-0.3, -0.25) is 4.79 Å². The highest BCUT2D eigenvalue weighted by Crippen LogP contribution is 2.28. The minimum absolute atomic E-state index is 0.0341. The molecule has 1 aromatic heterocycles. The van der Waals surface area contributed by atoms with E-state index in [0.29, 0.717) is 17.4 Å². The van der Waals surface area contributed by atoms with E-state index in [9.17, 15) is 4.79 Å². The highest BCUT2D eigenvalue weighted by molar-refractivity contribution is 5.93. The average molecular weight is 340 g/mol. The summed E-state index contributed by atoms with van der Waals surface area (Å²) in [4.78, 5) is 23.0. The highest BCUT2D eigenvalue weighted by atomic mass is 16.5. The van der Waals surface area contributed by atoms with Crippen LogP contribution >= 0.6 is 0 Å². The number of carbonyl (C=O) groups excluding carboxylic acids is 1. The molecule has 1 aromatic carbocycles. The molecule has 3 rings (SSSR count). The van der Waals surface area contributed by atoms with Crippen molar-refractivity contribution in [2.75, 3.05) is 25.5 Å². The Morgan fingerprint density at radius 2 is 2.16 bits per heavy atom. The Kier molecular flexibility index (Phi) is 5.16. The monoisotopic (exact) mass is 340 g/mol. The Balaban J connectivity index is 1.80. The van der Waals surface area contributed by atoms with E-state index in [1.54, 1.807) is 13.2 Å². The van der Waals surface area contributed by atoms with E-state index in [2.05, 4.69) is 22.2 Å². The van der Waals surface area contributed by atoms with Crippen LogP contribution in [0.1, 0.15) is 35.8 Å². The molecule has 0 aliphatic carbocycles. The number of benzene rings is 1. The van der Waals surface area contributed by atoms with Crippen molar-refractivity contribution in [1.29, 1.82) is 0 Å². The third kappa shape index (κ3) is 4.07. The highest BCUT2D eigenvalue weighted by Gasteiger charge is 2.23. The Hall–Kier alpha value is -2.63. The summed E-state index contributed by atoms with van der Waals surface area (Å²) in [6.07, 6.45) is 3.64. The standard InChI is InChI=1S/C19H24N4O2/c1-13-6-7-17(25-3)15(9-13)22-18-10-16(20-12-21-18)19(24)23-8-4-5-14(2)11-23/h6-7,9-10,12,14H,4-5,8,11H2,1-3H3,(H,20,21,22). The molecule has 1 unspecified atom stereocenters. The number of hydrogen-bond donors (Lipinski definition) is 1. The second-order valence-electron chi connectivity index (χ2n) is 6.62. The van der Waals surface area contributed by atoms with Crippen molar-refractivity contribution in [3.05, 3.63) is 41.9 Å². The van der Waals surface area contributed by atoms with Gasteiger partial charge in [0.15, 0.2) is 0 Å². The van der Waals surface area contributed by atoms with Gasteiger partial charge in [-0.15, -0.1) is 0 Å². The summed E-state index contributed by atoms with van der Waals surface area (Å²) in [5.41, 5.74) is 2.33. The number of likely N-dealkylation sites (tertiary alicyclic amines) is 1. The fourth-order valence-electron chi connectivity index (χ4n) is 3.14. The van der Waals surface area contributed by atoms with Gasteiger partial charge in [-0.25, -0.2) is 9.97 Å². The zero-order valence-corrected chi connectivity index (χ0v) is 15.0. The van der Waals surface area contributed by atoms with Crippen LogP contribution in [-0.4, -0.2) is 41.0 Å². The number of nitrogens with zero attached hydrogens (tertiary/aromatic N) is 3. The lowest BCUT2D eigenvalue weighted by Crippen LogP contribution is -2.39. The van der Waals surface area contributed by atoms with Crippen LogP contribution in [-0.2, 0) is 0 Å². The van der Waals surface area contributed by atoms with Crippen molar-refractivity contribution in [2.24, 2.45) is 5.92 Å². The summed E-state index contributed by atoms with van der Waals surface area (Å²) in [5.74, 6) is 1.80. The minimum Gasteiger partial charge on any atom is -0.495 e. The van der Waals surface area contributed by atoms with Crippen LogP contribution in [0, 0.1) is 12.8 Å². The van der Waals surface area contributed by atoms with Gasteiger partial charge < -0.3 is 15.0 Å². The van der Waals surface area contributed by atoms with Gasteiger partial charge in [-0.1, -0.05) is 13.0 Å². The van der Waals surface area contributed by atoms with Gasteiger partial charge in [0.2, 0.25) is 0 Å². The van der Waals surface area contributed by atoms with Crippen LogP contribution in [0.2, 0.25) is 0 Å². The number of ether oxygens (including phenoxy) is 1. The maximum Gasteiger partial charge on any atom is 0.272 e. The lowest BCUT2D eigenvalue weighted by atomic mass is 10.00. The minimum atomic E-state index is -0.0341. The maximum absolute atomic E-state index is 12.7. The molecule has 2 aromatic rings. The van der Waals surface area contributed by atoms with Crippen molar-refractivity contribution in [3.8, 4) is 5.75 Å². The van der Waals surface area contributed by atoms with Crippen molar-refractivity contribution in [3.63, 3.8) is 0 Å². The van der Waals surface area contributed by atoms with E-state index in [1.165, 1.54) is 12.7 Å². The molecular weight excluding hydrogens is 316 g/mol. The van der Waals surface area contributed by atoms with Crippen LogP contribution in [0.5, 0.6) is 5.75 Å². The van der Waals surface area contributed by atoms with Crippen LogP contribution in [0.15, 0.2) is 30.6 Å². The molecule has 25 heavy (non-hydrogen) atoms. The van der Waals surface area contributed by atoms with E-state index >= 15 is 0 Å². The molecule has 1 saturated heterocycles. The molecule has 1 amide bonds. The SMILES string of the molecule is COc1ccc(C)cc1Nc1cc(C(=O)N2CCCC(C)C2)ncn1. The molecule has 1 aliphatic heterocycles. The number of rotatable bonds is 4. The normalized spacial score (nSPS) is 17.2. The van der Waals surface area contributed by atoms with Gasteiger partial charge in [0.05, 0.1) is 12.8 Å². The first-order chi connectivity index (χ1) is 12.1. The van der Waals surface area contributed by atoms with Crippen molar-refractivity contribution in [2.45, 2.75) is 26.7 Å². The van der Waals surface area contributed by atoms with E-state index < -0.39 is 0 Å². The van der Waals surface area contributed by atoms with Crippen LogP contribution in [0.25, 0.3) is 0 Å². The molecule has 1 aliphatic rings. The molecule has 6 heteroatoms. The maximum atomic E-state index is 12.7. The summed E-state index contributed by atoms with van der Waals surface area (Å²) in [6.45, 7) is 5.77. The number of anilines is 2. The van der Waals surface area contributed by atoms with Gasteiger partial charge in [0, 0.05) is 19.2 Å². The molecule has 6 nitrogen and oxygen atoms in total. The summed E-state index contributed by atoms with van der Waals surface area (Å²) >= 11 is 0. The van der Waals surface area contributed by atoms with E-state index in [4.69, 9.17) is 4.74 Å². The van der Waals surface area contributed by atoms with Gasteiger partial charge >= 0.3 is 0 Å². The molecule has 1 atom stereocenters. The molecule has 1 N–H and O–H groups in total. The molecule has 1 fully saturated rings. The number of aryl methyl sites for hydroxylation is 1. The number of methoxy groups -OCH3 is 1. The second-order valence-corrected chi connectivity index (χ2v) is 6.62. The number of aromatic nitrogens is 2. The molecule has 0 bridgehead atoms.